The fraction of sp³-hybridized carbons (Fsp3) is 0.571. The number of alkyl halides is 1. The van der Waals surface area contributed by atoms with Gasteiger partial charge < -0.3 is 10.1 Å². The quantitative estimate of drug-likeness (QED) is 0.867. The number of rotatable bonds is 5. The minimum Gasteiger partial charge on any atom is -0.496 e. The zero-order valence-corrected chi connectivity index (χ0v) is 10.9. The average molecular weight is 252 g/mol. The first kappa shape index (κ1) is 13.3. The fourth-order valence-electron chi connectivity index (χ4n) is 2.57. The Morgan fingerprint density at radius 2 is 2.06 bits per heavy atom. The molecule has 1 aliphatic rings. The van der Waals surface area contributed by atoms with Crippen LogP contribution in [-0.4, -0.2) is 44.9 Å². The molecule has 0 aromatic heterocycles. The number of hydrogen-bond donors (Lipinski definition) is 1. The minimum atomic E-state index is -0.299. The monoisotopic (exact) mass is 252 g/mol. The van der Waals surface area contributed by atoms with E-state index in [0.717, 1.165) is 37.5 Å². The van der Waals surface area contributed by atoms with Crippen LogP contribution < -0.4 is 10.1 Å². The Labute approximate surface area is 108 Å². The predicted octanol–water partition coefficient (Wildman–Crippen LogP) is 2.00. The molecule has 0 radical (unpaired) electrons. The lowest BCUT2D eigenvalue weighted by Gasteiger charge is -2.35. The normalized spacial score (nSPS) is 18.6. The van der Waals surface area contributed by atoms with Crippen LogP contribution in [0.15, 0.2) is 24.3 Å². The van der Waals surface area contributed by atoms with Crippen LogP contribution in [0.3, 0.4) is 0 Å². The van der Waals surface area contributed by atoms with E-state index in [1.54, 1.807) is 7.11 Å². The molecule has 1 aliphatic heterocycles. The smallest absolute Gasteiger partial charge is 0.123 e. The molecule has 4 heteroatoms. The zero-order valence-electron chi connectivity index (χ0n) is 10.9. The first-order valence-electron chi connectivity index (χ1n) is 6.50. The van der Waals surface area contributed by atoms with Gasteiger partial charge in [-0.05, 0) is 12.5 Å². The maximum Gasteiger partial charge on any atom is 0.123 e. The molecule has 1 N–H and O–H groups in total. The van der Waals surface area contributed by atoms with Gasteiger partial charge in [0.05, 0.1) is 13.8 Å². The Kier molecular flexibility index (Phi) is 4.96. The van der Waals surface area contributed by atoms with E-state index in [1.807, 2.05) is 24.3 Å². The fourth-order valence-corrected chi connectivity index (χ4v) is 2.57. The maximum atomic E-state index is 12.8. The Morgan fingerprint density at radius 3 is 2.72 bits per heavy atom. The lowest BCUT2D eigenvalue weighted by Crippen LogP contribution is -2.45. The SMILES string of the molecule is COc1ccccc1[C@H](CCF)N1CCNCC1. The summed E-state index contributed by atoms with van der Waals surface area (Å²) >= 11 is 0. The van der Waals surface area contributed by atoms with Crippen molar-refractivity contribution < 1.29 is 9.13 Å². The van der Waals surface area contributed by atoms with Gasteiger partial charge in [0, 0.05) is 37.8 Å². The first-order chi connectivity index (χ1) is 8.86. The number of para-hydroxylation sites is 1. The van der Waals surface area contributed by atoms with E-state index in [-0.39, 0.29) is 12.7 Å². The number of ether oxygens (including phenoxy) is 1. The molecule has 0 amide bonds. The molecule has 100 valence electrons. The molecule has 1 fully saturated rings. The van der Waals surface area contributed by atoms with E-state index < -0.39 is 0 Å². The molecule has 1 atom stereocenters. The van der Waals surface area contributed by atoms with Gasteiger partial charge in [-0.25, -0.2) is 0 Å². The third-order valence-electron chi connectivity index (χ3n) is 3.47. The van der Waals surface area contributed by atoms with Crippen LogP contribution in [-0.2, 0) is 0 Å². The lowest BCUT2D eigenvalue weighted by molar-refractivity contribution is 0.155. The molecule has 1 aromatic rings. The number of piperazine rings is 1. The second-order valence-electron chi connectivity index (χ2n) is 4.52. The first-order valence-corrected chi connectivity index (χ1v) is 6.50. The lowest BCUT2D eigenvalue weighted by atomic mass is 10.0. The molecule has 18 heavy (non-hydrogen) atoms. The molecule has 3 nitrogen and oxygen atoms in total. The molecule has 2 rings (SSSR count). The van der Waals surface area contributed by atoms with Crippen molar-refractivity contribution in [2.75, 3.05) is 40.0 Å². The molecule has 1 heterocycles. The van der Waals surface area contributed by atoms with E-state index in [0.29, 0.717) is 6.42 Å². The van der Waals surface area contributed by atoms with Crippen LogP contribution in [0, 0.1) is 0 Å². The van der Waals surface area contributed by atoms with Gasteiger partial charge in [0.15, 0.2) is 0 Å². The Hall–Kier alpha value is -1.13. The van der Waals surface area contributed by atoms with E-state index in [2.05, 4.69) is 10.2 Å². The van der Waals surface area contributed by atoms with Gasteiger partial charge in [-0.1, -0.05) is 18.2 Å². The van der Waals surface area contributed by atoms with Crippen molar-refractivity contribution in [1.82, 2.24) is 10.2 Å². The third kappa shape index (κ3) is 3.00. The topological polar surface area (TPSA) is 24.5 Å². The van der Waals surface area contributed by atoms with Gasteiger partial charge in [0.1, 0.15) is 5.75 Å². The highest BCUT2D eigenvalue weighted by Crippen LogP contribution is 2.31. The summed E-state index contributed by atoms with van der Waals surface area (Å²) in [5.74, 6) is 0.856. The summed E-state index contributed by atoms with van der Waals surface area (Å²) < 4.78 is 18.2. The van der Waals surface area contributed by atoms with Crippen molar-refractivity contribution in [2.24, 2.45) is 0 Å². The highest BCUT2D eigenvalue weighted by atomic mass is 19.1. The second-order valence-corrected chi connectivity index (χ2v) is 4.52. The van der Waals surface area contributed by atoms with Crippen molar-refractivity contribution in [1.29, 1.82) is 0 Å². The van der Waals surface area contributed by atoms with Crippen LogP contribution in [0.5, 0.6) is 5.75 Å². The van der Waals surface area contributed by atoms with E-state index in [9.17, 15) is 4.39 Å². The second kappa shape index (κ2) is 6.71. The van der Waals surface area contributed by atoms with Crippen LogP contribution in [0.1, 0.15) is 18.0 Å². The van der Waals surface area contributed by atoms with Crippen molar-refractivity contribution in [3.63, 3.8) is 0 Å². The number of halogens is 1. The molecular weight excluding hydrogens is 231 g/mol. The summed E-state index contributed by atoms with van der Waals surface area (Å²) in [5, 5.41) is 3.33. The van der Waals surface area contributed by atoms with Gasteiger partial charge in [-0.15, -0.1) is 0 Å². The largest absolute Gasteiger partial charge is 0.496 e. The Balaban J connectivity index is 2.22. The van der Waals surface area contributed by atoms with E-state index in [1.165, 1.54) is 0 Å². The summed E-state index contributed by atoms with van der Waals surface area (Å²) in [6.07, 6.45) is 0.528. The van der Waals surface area contributed by atoms with Gasteiger partial charge in [-0.3, -0.25) is 9.29 Å². The molecule has 0 aliphatic carbocycles. The van der Waals surface area contributed by atoms with Crippen molar-refractivity contribution in [2.45, 2.75) is 12.5 Å². The van der Waals surface area contributed by atoms with Gasteiger partial charge in [0.2, 0.25) is 0 Å². The average Bonchev–Trinajstić information content (AvgIpc) is 2.46. The maximum absolute atomic E-state index is 12.8. The number of methoxy groups -OCH3 is 1. The highest BCUT2D eigenvalue weighted by molar-refractivity contribution is 5.36. The molecule has 0 bridgehead atoms. The minimum absolute atomic E-state index is 0.119. The predicted molar refractivity (Wildman–Crippen MR) is 70.8 cm³/mol. The van der Waals surface area contributed by atoms with E-state index in [4.69, 9.17) is 4.74 Å². The summed E-state index contributed by atoms with van der Waals surface area (Å²) in [6, 6.07) is 8.05. The molecular formula is C14H21FN2O. The Morgan fingerprint density at radius 1 is 1.33 bits per heavy atom. The molecule has 0 unspecified atom stereocenters. The zero-order chi connectivity index (χ0) is 12.8. The summed E-state index contributed by atoms with van der Waals surface area (Å²) in [7, 11) is 1.67. The number of benzene rings is 1. The van der Waals surface area contributed by atoms with Crippen molar-refractivity contribution in [3.05, 3.63) is 29.8 Å². The molecule has 1 aromatic carbocycles. The summed E-state index contributed by atoms with van der Waals surface area (Å²) in [6.45, 7) is 3.56. The number of nitrogens with one attached hydrogen (secondary N) is 1. The van der Waals surface area contributed by atoms with Crippen LogP contribution in [0.2, 0.25) is 0 Å². The van der Waals surface area contributed by atoms with Gasteiger partial charge in [0.25, 0.3) is 0 Å². The van der Waals surface area contributed by atoms with E-state index >= 15 is 0 Å². The summed E-state index contributed by atoms with van der Waals surface area (Å²) in [5.41, 5.74) is 1.10. The molecule has 1 saturated heterocycles. The number of hydrogen-bond acceptors (Lipinski definition) is 3. The van der Waals surface area contributed by atoms with Gasteiger partial charge >= 0.3 is 0 Å². The van der Waals surface area contributed by atoms with Crippen molar-refractivity contribution in [3.8, 4) is 5.75 Å². The van der Waals surface area contributed by atoms with Gasteiger partial charge in [-0.2, -0.15) is 0 Å². The summed E-state index contributed by atoms with van der Waals surface area (Å²) in [4.78, 5) is 2.34. The highest BCUT2D eigenvalue weighted by Gasteiger charge is 2.24. The van der Waals surface area contributed by atoms with Crippen LogP contribution >= 0.6 is 0 Å². The van der Waals surface area contributed by atoms with Crippen LogP contribution in [0.25, 0.3) is 0 Å². The van der Waals surface area contributed by atoms with Crippen LogP contribution in [0.4, 0.5) is 4.39 Å². The van der Waals surface area contributed by atoms with Crippen molar-refractivity contribution >= 4 is 0 Å². The standard InChI is InChI=1S/C14H21FN2O/c1-18-14-5-3-2-4-12(14)13(6-7-15)17-10-8-16-9-11-17/h2-5,13,16H,6-11H2,1H3/t13-/m0/s1. The third-order valence-corrected chi connectivity index (χ3v) is 3.47. The number of nitrogens with zero attached hydrogens (tertiary/aromatic N) is 1. The molecule has 0 saturated carbocycles. The Bertz CT molecular complexity index is 367. The molecule has 0 spiro atoms.